The summed E-state index contributed by atoms with van der Waals surface area (Å²) in [7, 11) is 0. The van der Waals surface area contributed by atoms with E-state index in [9.17, 15) is 14.4 Å². The Morgan fingerprint density at radius 1 is 0.333 bits per heavy atom. The minimum absolute atomic E-state index is 0.138. The molecular weight excluding hydrogens is 817 g/mol. The van der Waals surface area contributed by atoms with Crippen LogP contribution >= 0.6 is 0 Å². The first-order valence-electron chi connectivity index (χ1n) is 25.9. The molecule has 0 aliphatic rings. The van der Waals surface area contributed by atoms with Crippen molar-refractivity contribution in [3.05, 3.63) is 146 Å². The van der Waals surface area contributed by atoms with Crippen molar-refractivity contribution < 1.29 is 28.6 Å². The normalized spacial score (nSPS) is 13.3. The summed E-state index contributed by atoms with van der Waals surface area (Å²) in [6, 6.07) is 0. The summed E-state index contributed by atoms with van der Waals surface area (Å²) >= 11 is 0. The minimum Gasteiger partial charge on any atom is -0.462 e. The van der Waals surface area contributed by atoms with Gasteiger partial charge in [-0.05, 0) is 89.9 Å². The number of hydrogen-bond donors (Lipinski definition) is 0. The molecule has 0 radical (unpaired) electrons. The van der Waals surface area contributed by atoms with Crippen LogP contribution in [0, 0.1) is 0 Å². The van der Waals surface area contributed by atoms with Crippen LogP contribution in [0.3, 0.4) is 0 Å². The summed E-state index contributed by atoms with van der Waals surface area (Å²) in [5.41, 5.74) is 0. The molecule has 6 heteroatoms. The lowest BCUT2D eigenvalue weighted by molar-refractivity contribution is -0.166. The van der Waals surface area contributed by atoms with E-state index in [1.54, 1.807) is 0 Å². The third-order valence-corrected chi connectivity index (χ3v) is 10.2. The highest BCUT2D eigenvalue weighted by Gasteiger charge is 2.19. The fraction of sp³-hybridized carbons (Fsp3) is 0.550. The minimum atomic E-state index is -0.854. The van der Waals surface area contributed by atoms with Crippen molar-refractivity contribution in [2.24, 2.45) is 0 Å². The highest BCUT2D eigenvalue weighted by molar-refractivity contribution is 5.71. The molecule has 368 valence electrons. The van der Waals surface area contributed by atoms with E-state index in [1.807, 2.05) is 66.8 Å². The Hall–Kier alpha value is -4.71. The third kappa shape index (κ3) is 50.3. The van der Waals surface area contributed by atoms with Crippen molar-refractivity contribution in [1.29, 1.82) is 0 Å². The SMILES string of the molecule is CC/C=C/C=C/C=C/C=C/C=C/CCCC(=O)OCC(COC(=O)CCCCCCCCCCCC/C=C/C=C/CCCCC)OC(=O)CC/C=C/C/C=C/C/C=C/C/C=C/C/C=C/CC. The largest absolute Gasteiger partial charge is 0.462 e. The number of carbonyl (C=O) groups excluding carboxylic acids is 3. The molecule has 1 atom stereocenters. The number of unbranched alkanes of at least 4 members (excludes halogenated alkanes) is 14. The zero-order valence-corrected chi connectivity index (χ0v) is 41.9. The molecule has 0 saturated carbocycles. The molecule has 0 aromatic carbocycles. The maximum atomic E-state index is 12.8. The second kappa shape index (κ2) is 52.9. The predicted molar refractivity (Wildman–Crippen MR) is 283 cm³/mol. The van der Waals surface area contributed by atoms with E-state index >= 15 is 0 Å². The van der Waals surface area contributed by atoms with E-state index in [2.05, 4.69) is 99.8 Å². The van der Waals surface area contributed by atoms with E-state index < -0.39 is 12.1 Å². The van der Waals surface area contributed by atoms with Gasteiger partial charge in [-0.2, -0.15) is 0 Å². The zero-order chi connectivity index (χ0) is 47.9. The third-order valence-electron chi connectivity index (χ3n) is 10.2. The van der Waals surface area contributed by atoms with Gasteiger partial charge in [0.15, 0.2) is 6.10 Å². The number of esters is 3. The first-order chi connectivity index (χ1) is 32.5. The molecule has 0 fully saturated rings. The van der Waals surface area contributed by atoms with Gasteiger partial charge in [-0.25, -0.2) is 0 Å². The van der Waals surface area contributed by atoms with Gasteiger partial charge < -0.3 is 14.2 Å². The summed E-state index contributed by atoms with van der Waals surface area (Å²) in [6.07, 6.45) is 75.7. The molecular formula is C60H92O6. The van der Waals surface area contributed by atoms with Crippen molar-refractivity contribution in [2.75, 3.05) is 13.2 Å². The number of allylic oxidation sites excluding steroid dienone is 24. The van der Waals surface area contributed by atoms with Gasteiger partial charge in [0.05, 0.1) is 0 Å². The fourth-order valence-electron chi connectivity index (χ4n) is 6.39. The maximum Gasteiger partial charge on any atom is 0.306 e. The first-order valence-corrected chi connectivity index (χ1v) is 25.9. The van der Waals surface area contributed by atoms with E-state index in [0.717, 1.165) is 64.2 Å². The Labute approximate surface area is 404 Å². The quantitative estimate of drug-likeness (QED) is 0.0199. The second-order valence-electron chi connectivity index (χ2n) is 16.5. The molecule has 0 N–H and O–H groups in total. The van der Waals surface area contributed by atoms with Crippen LogP contribution < -0.4 is 0 Å². The van der Waals surface area contributed by atoms with Crippen molar-refractivity contribution in [3.8, 4) is 0 Å². The Morgan fingerprint density at radius 3 is 1.21 bits per heavy atom. The van der Waals surface area contributed by atoms with Crippen LogP contribution in [0.2, 0.25) is 0 Å². The Bertz CT molecular complexity index is 1510. The van der Waals surface area contributed by atoms with Crippen molar-refractivity contribution in [2.45, 2.75) is 200 Å². The Kier molecular flexibility index (Phi) is 49.1. The molecule has 6 nitrogen and oxygen atoms in total. The van der Waals surface area contributed by atoms with Crippen molar-refractivity contribution >= 4 is 17.9 Å². The Morgan fingerprint density at radius 2 is 0.712 bits per heavy atom. The lowest BCUT2D eigenvalue weighted by atomic mass is 10.1. The first kappa shape index (κ1) is 61.3. The van der Waals surface area contributed by atoms with Crippen molar-refractivity contribution in [1.82, 2.24) is 0 Å². The van der Waals surface area contributed by atoms with Gasteiger partial charge in [0.2, 0.25) is 0 Å². The molecule has 0 aromatic rings. The number of ether oxygens (including phenoxy) is 3. The van der Waals surface area contributed by atoms with Gasteiger partial charge in [-0.1, -0.05) is 231 Å². The molecule has 0 heterocycles. The summed E-state index contributed by atoms with van der Waals surface area (Å²) in [4.78, 5) is 37.9. The summed E-state index contributed by atoms with van der Waals surface area (Å²) in [5, 5.41) is 0. The molecule has 0 aromatic heterocycles. The van der Waals surface area contributed by atoms with E-state index in [1.165, 1.54) is 77.0 Å². The fourth-order valence-corrected chi connectivity index (χ4v) is 6.39. The summed E-state index contributed by atoms with van der Waals surface area (Å²) < 4.78 is 16.6. The molecule has 0 amide bonds. The highest BCUT2D eigenvalue weighted by atomic mass is 16.6. The van der Waals surface area contributed by atoms with Gasteiger partial charge >= 0.3 is 17.9 Å². The van der Waals surface area contributed by atoms with Gasteiger partial charge in [-0.15, -0.1) is 0 Å². The van der Waals surface area contributed by atoms with Gasteiger partial charge in [0.1, 0.15) is 13.2 Å². The lowest BCUT2D eigenvalue weighted by Gasteiger charge is -2.18. The monoisotopic (exact) mass is 909 g/mol. The summed E-state index contributed by atoms with van der Waals surface area (Å²) in [5.74, 6) is -1.11. The Balaban J connectivity index is 4.58. The van der Waals surface area contributed by atoms with Crippen LogP contribution in [0.1, 0.15) is 194 Å². The smallest absolute Gasteiger partial charge is 0.306 e. The molecule has 0 saturated heterocycles. The molecule has 66 heavy (non-hydrogen) atoms. The summed E-state index contributed by atoms with van der Waals surface area (Å²) in [6.45, 7) is 6.20. The average Bonchev–Trinajstić information content (AvgIpc) is 3.31. The number of hydrogen-bond acceptors (Lipinski definition) is 6. The second-order valence-corrected chi connectivity index (χ2v) is 16.5. The van der Waals surface area contributed by atoms with Gasteiger partial charge in [0, 0.05) is 19.3 Å². The average molecular weight is 909 g/mol. The van der Waals surface area contributed by atoms with Crippen LogP contribution in [0.5, 0.6) is 0 Å². The van der Waals surface area contributed by atoms with E-state index in [-0.39, 0.29) is 38.0 Å². The predicted octanol–water partition coefficient (Wildman–Crippen LogP) is 17.3. The van der Waals surface area contributed by atoms with Gasteiger partial charge in [0.25, 0.3) is 0 Å². The highest BCUT2D eigenvalue weighted by Crippen LogP contribution is 2.13. The maximum absolute atomic E-state index is 12.8. The molecule has 0 aliphatic heterocycles. The standard InChI is InChI=1S/C60H92O6/c1-4-7-10-13-16-19-22-25-27-29-30-31-33-35-38-41-44-47-50-53-59(62)65-56-57(55-64-58(61)52-49-46-43-40-37-34-24-21-18-15-12-9-6-3)66-60(63)54-51-48-45-42-39-36-32-28-26-23-20-17-14-11-8-5-2/h8-9,11-12,15-22,24-26,28,34,36-37,39-40,43,45,48,57H,4-7,10,13-14,23,27,29-33,35,38,41-42,44,46-47,49-56H2,1-3H3/b11-8+,12-9+,18-15+,19-16+,20-17+,24-21+,25-22+,28-26+,37-34+,39-36+,43-40+,48-45+. The van der Waals surface area contributed by atoms with Crippen LogP contribution in [-0.4, -0.2) is 37.2 Å². The molecule has 0 bridgehead atoms. The van der Waals surface area contributed by atoms with Crippen molar-refractivity contribution in [3.63, 3.8) is 0 Å². The van der Waals surface area contributed by atoms with E-state index in [0.29, 0.717) is 19.3 Å². The molecule has 0 rings (SSSR count). The van der Waals surface area contributed by atoms with E-state index in [4.69, 9.17) is 14.2 Å². The lowest BCUT2D eigenvalue weighted by Crippen LogP contribution is -2.30. The van der Waals surface area contributed by atoms with Crippen LogP contribution in [-0.2, 0) is 28.6 Å². The molecule has 0 spiro atoms. The number of rotatable bonds is 44. The topological polar surface area (TPSA) is 78.9 Å². The van der Waals surface area contributed by atoms with Crippen LogP contribution in [0.4, 0.5) is 0 Å². The zero-order valence-electron chi connectivity index (χ0n) is 41.9. The van der Waals surface area contributed by atoms with Crippen LogP contribution in [0.15, 0.2) is 146 Å². The van der Waals surface area contributed by atoms with Crippen LogP contribution in [0.25, 0.3) is 0 Å². The molecule has 0 aliphatic carbocycles. The molecule has 1 unspecified atom stereocenters. The van der Waals surface area contributed by atoms with Gasteiger partial charge in [-0.3, -0.25) is 14.4 Å². The number of carbonyl (C=O) groups is 3.